The van der Waals surface area contributed by atoms with E-state index < -0.39 is 0 Å². The van der Waals surface area contributed by atoms with E-state index in [1.807, 2.05) is 54.0 Å². The van der Waals surface area contributed by atoms with Gasteiger partial charge in [0.2, 0.25) is 0 Å². The summed E-state index contributed by atoms with van der Waals surface area (Å²) in [6, 6.07) is 13.4. The van der Waals surface area contributed by atoms with Crippen LogP contribution in [0.25, 0.3) is 16.6 Å². The first-order valence-corrected chi connectivity index (χ1v) is 8.11. The first-order chi connectivity index (χ1) is 12.1. The van der Waals surface area contributed by atoms with E-state index >= 15 is 0 Å². The van der Waals surface area contributed by atoms with Crippen LogP contribution in [0.15, 0.2) is 42.5 Å². The largest absolute Gasteiger partial charge is 0.497 e. The second kappa shape index (κ2) is 6.89. The van der Waals surface area contributed by atoms with Gasteiger partial charge in [0, 0.05) is 16.8 Å². The van der Waals surface area contributed by atoms with Crippen molar-refractivity contribution in [1.82, 2.24) is 4.57 Å². The number of benzene rings is 2. The number of aromatic nitrogens is 1. The molecule has 0 radical (unpaired) electrons. The highest BCUT2D eigenvalue weighted by atomic mass is 16.5. The molecule has 0 atom stereocenters. The van der Waals surface area contributed by atoms with Crippen LogP contribution in [0.4, 0.5) is 0 Å². The fourth-order valence-electron chi connectivity index (χ4n) is 3.05. The summed E-state index contributed by atoms with van der Waals surface area (Å²) in [6.45, 7) is 4.05. The van der Waals surface area contributed by atoms with E-state index in [1.54, 1.807) is 21.1 Å². The summed E-state index contributed by atoms with van der Waals surface area (Å²) in [7, 11) is 3.25. The standard InChI is InChI=1S/C20H21NO4/c1-5-25-20(22)19-13(2)21(14-6-8-15(23-3)9-7-14)18-11-10-16(24-4)12-17(18)19/h6-12H,5H2,1-4H3. The second-order valence-electron chi connectivity index (χ2n) is 5.60. The molecule has 5 heteroatoms. The van der Waals surface area contributed by atoms with E-state index in [-0.39, 0.29) is 5.97 Å². The molecule has 3 aromatic rings. The molecule has 3 rings (SSSR count). The molecule has 0 saturated heterocycles. The molecular weight excluding hydrogens is 318 g/mol. The number of hydrogen-bond acceptors (Lipinski definition) is 4. The lowest BCUT2D eigenvalue weighted by Crippen LogP contribution is -2.07. The van der Waals surface area contributed by atoms with Gasteiger partial charge < -0.3 is 18.8 Å². The summed E-state index contributed by atoms with van der Waals surface area (Å²) >= 11 is 0. The molecule has 2 aromatic carbocycles. The molecule has 0 spiro atoms. The van der Waals surface area contributed by atoms with Crippen molar-refractivity contribution in [2.24, 2.45) is 0 Å². The van der Waals surface area contributed by atoms with E-state index in [0.29, 0.717) is 17.9 Å². The number of hydrogen-bond donors (Lipinski definition) is 0. The van der Waals surface area contributed by atoms with Gasteiger partial charge in [-0.05, 0) is 56.3 Å². The highest BCUT2D eigenvalue weighted by molar-refractivity contribution is 6.07. The van der Waals surface area contributed by atoms with Crippen molar-refractivity contribution in [2.45, 2.75) is 13.8 Å². The minimum absolute atomic E-state index is 0.328. The molecule has 130 valence electrons. The lowest BCUT2D eigenvalue weighted by Gasteiger charge is -2.10. The van der Waals surface area contributed by atoms with Gasteiger partial charge in [-0.3, -0.25) is 0 Å². The quantitative estimate of drug-likeness (QED) is 0.656. The van der Waals surface area contributed by atoms with Gasteiger partial charge >= 0.3 is 5.97 Å². The number of fused-ring (bicyclic) bond motifs is 1. The van der Waals surface area contributed by atoms with Gasteiger partial charge in [0.25, 0.3) is 0 Å². The Morgan fingerprint density at radius 1 is 1.00 bits per heavy atom. The first-order valence-electron chi connectivity index (χ1n) is 8.11. The maximum Gasteiger partial charge on any atom is 0.340 e. The van der Waals surface area contributed by atoms with Crippen LogP contribution in [0.2, 0.25) is 0 Å². The van der Waals surface area contributed by atoms with Crippen molar-refractivity contribution in [1.29, 1.82) is 0 Å². The zero-order valence-electron chi connectivity index (χ0n) is 14.8. The van der Waals surface area contributed by atoms with Crippen LogP contribution in [0.5, 0.6) is 11.5 Å². The smallest absolute Gasteiger partial charge is 0.340 e. The number of esters is 1. The van der Waals surface area contributed by atoms with Crippen LogP contribution < -0.4 is 9.47 Å². The summed E-state index contributed by atoms with van der Waals surface area (Å²) in [4.78, 5) is 12.5. The third-order valence-corrected chi connectivity index (χ3v) is 4.22. The summed E-state index contributed by atoms with van der Waals surface area (Å²) in [6.07, 6.45) is 0. The van der Waals surface area contributed by atoms with Crippen molar-refractivity contribution in [3.63, 3.8) is 0 Å². The molecule has 25 heavy (non-hydrogen) atoms. The van der Waals surface area contributed by atoms with Gasteiger partial charge in [-0.25, -0.2) is 4.79 Å². The zero-order chi connectivity index (χ0) is 18.0. The van der Waals surface area contributed by atoms with Gasteiger partial charge in [-0.1, -0.05) is 0 Å². The van der Waals surface area contributed by atoms with Gasteiger partial charge in [0.05, 0.1) is 31.9 Å². The molecule has 0 unspecified atom stereocenters. The number of methoxy groups -OCH3 is 2. The SMILES string of the molecule is CCOC(=O)c1c(C)n(-c2ccc(OC)cc2)c2ccc(OC)cc12. The Kier molecular flexibility index (Phi) is 4.65. The summed E-state index contributed by atoms with van der Waals surface area (Å²) in [5.74, 6) is 1.15. The van der Waals surface area contributed by atoms with Crippen LogP contribution in [-0.4, -0.2) is 31.4 Å². The Morgan fingerprint density at radius 2 is 1.64 bits per heavy atom. The van der Waals surface area contributed by atoms with Crippen molar-refractivity contribution in [2.75, 3.05) is 20.8 Å². The summed E-state index contributed by atoms with van der Waals surface area (Å²) in [5.41, 5.74) is 3.26. The van der Waals surface area contributed by atoms with Crippen LogP contribution in [-0.2, 0) is 4.74 Å². The van der Waals surface area contributed by atoms with Crippen molar-refractivity contribution < 1.29 is 19.0 Å². The Morgan fingerprint density at radius 3 is 2.24 bits per heavy atom. The average molecular weight is 339 g/mol. The second-order valence-corrected chi connectivity index (χ2v) is 5.60. The zero-order valence-corrected chi connectivity index (χ0v) is 14.8. The number of carbonyl (C=O) groups is 1. The van der Waals surface area contributed by atoms with Crippen molar-refractivity contribution >= 4 is 16.9 Å². The molecule has 0 amide bonds. The Hall–Kier alpha value is -2.95. The minimum atomic E-state index is -0.328. The first kappa shape index (κ1) is 16.9. The van der Waals surface area contributed by atoms with E-state index in [9.17, 15) is 4.79 Å². The average Bonchev–Trinajstić information content (AvgIpc) is 2.93. The fourth-order valence-corrected chi connectivity index (χ4v) is 3.05. The van der Waals surface area contributed by atoms with Gasteiger partial charge in [0.15, 0.2) is 0 Å². The topological polar surface area (TPSA) is 49.7 Å². The van der Waals surface area contributed by atoms with Gasteiger partial charge in [0.1, 0.15) is 11.5 Å². The number of rotatable bonds is 5. The minimum Gasteiger partial charge on any atom is -0.497 e. The lowest BCUT2D eigenvalue weighted by molar-refractivity contribution is 0.0527. The van der Waals surface area contributed by atoms with Crippen molar-refractivity contribution in [3.8, 4) is 17.2 Å². The summed E-state index contributed by atoms with van der Waals surface area (Å²) in [5, 5.41) is 0.811. The van der Waals surface area contributed by atoms with E-state index in [4.69, 9.17) is 14.2 Å². The van der Waals surface area contributed by atoms with Crippen LogP contribution in [0, 0.1) is 6.92 Å². The predicted molar refractivity (Wildman–Crippen MR) is 97.1 cm³/mol. The molecule has 0 fully saturated rings. The van der Waals surface area contributed by atoms with Crippen molar-refractivity contribution in [3.05, 3.63) is 53.7 Å². The molecule has 5 nitrogen and oxygen atoms in total. The molecule has 0 bridgehead atoms. The maximum atomic E-state index is 12.5. The molecule has 0 aliphatic carbocycles. The predicted octanol–water partition coefficient (Wildman–Crippen LogP) is 4.13. The van der Waals surface area contributed by atoms with E-state index in [2.05, 4.69) is 0 Å². The molecule has 0 aliphatic rings. The van der Waals surface area contributed by atoms with Crippen LogP contribution >= 0.6 is 0 Å². The van der Waals surface area contributed by atoms with Gasteiger partial charge in [-0.15, -0.1) is 0 Å². The Bertz CT molecular complexity index is 910. The van der Waals surface area contributed by atoms with Crippen LogP contribution in [0.1, 0.15) is 23.0 Å². The number of carbonyl (C=O) groups excluding carboxylic acids is 1. The normalized spacial score (nSPS) is 10.7. The van der Waals surface area contributed by atoms with E-state index in [1.165, 1.54) is 0 Å². The van der Waals surface area contributed by atoms with E-state index in [0.717, 1.165) is 28.0 Å². The third kappa shape index (κ3) is 2.93. The molecule has 0 saturated carbocycles. The fraction of sp³-hybridized carbons (Fsp3) is 0.250. The number of nitrogens with zero attached hydrogens (tertiary/aromatic N) is 1. The molecule has 1 heterocycles. The Balaban J connectivity index is 2.27. The summed E-state index contributed by atoms with van der Waals surface area (Å²) < 4.78 is 17.9. The monoisotopic (exact) mass is 339 g/mol. The van der Waals surface area contributed by atoms with Crippen LogP contribution in [0.3, 0.4) is 0 Å². The number of ether oxygens (including phenoxy) is 3. The van der Waals surface area contributed by atoms with Gasteiger partial charge in [-0.2, -0.15) is 0 Å². The molecule has 0 N–H and O–H groups in total. The third-order valence-electron chi connectivity index (χ3n) is 4.22. The lowest BCUT2D eigenvalue weighted by atomic mass is 10.1. The molecule has 0 aliphatic heterocycles. The molecule has 1 aromatic heterocycles. The molecular formula is C20H21NO4. The maximum absolute atomic E-state index is 12.5. The highest BCUT2D eigenvalue weighted by Crippen LogP contribution is 2.33. The highest BCUT2D eigenvalue weighted by Gasteiger charge is 2.22. The Labute approximate surface area is 146 Å².